The molecule has 3 aromatic rings. The Bertz CT molecular complexity index is 916. The maximum atomic E-state index is 13.0. The summed E-state index contributed by atoms with van der Waals surface area (Å²) in [7, 11) is 0. The minimum absolute atomic E-state index is 0.0305. The van der Waals surface area contributed by atoms with Gasteiger partial charge in [-0.25, -0.2) is 19.3 Å². The summed E-state index contributed by atoms with van der Waals surface area (Å²) in [5.41, 5.74) is 1.43. The Morgan fingerprint density at radius 1 is 1.08 bits per heavy atom. The molecule has 0 aliphatic heterocycles. The number of anilines is 3. The van der Waals surface area contributed by atoms with Crippen LogP contribution in [0.25, 0.3) is 0 Å². The van der Waals surface area contributed by atoms with Crippen molar-refractivity contribution in [3.05, 3.63) is 76.0 Å². The van der Waals surface area contributed by atoms with Crippen LogP contribution in [0, 0.1) is 22.9 Å². The van der Waals surface area contributed by atoms with Crippen molar-refractivity contribution in [2.45, 2.75) is 13.5 Å². The highest BCUT2D eigenvalue weighted by Gasteiger charge is 2.23. The molecule has 0 saturated carbocycles. The number of nitro groups is 1. The summed E-state index contributed by atoms with van der Waals surface area (Å²) in [5.74, 6) is 0.174. The van der Waals surface area contributed by atoms with Crippen molar-refractivity contribution in [1.82, 2.24) is 15.0 Å². The maximum absolute atomic E-state index is 13.0. The van der Waals surface area contributed by atoms with Gasteiger partial charge in [0.25, 0.3) is 0 Å². The van der Waals surface area contributed by atoms with Crippen molar-refractivity contribution in [1.29, 1.82) is 0 Å². The van der Waals surface area contributed by atoms with E-state index in [4.69, 9.17) is 0 Å². The fraction of sp³-hybridized carbons (Fsp3) is 0.118. The summed E-state index contributed by atoms with van der Waals surface area (Å²) < 4.78 is 13.0. The van der Waals surface area contributed by atoms with E-state index in [2.05, 4.69) is 25.6 Å². The highest BCUT2D eigenvalue weighted by molar-refractivity contribution is 5.72. The summed E-state index contributed by atoms with van der Waals surface area (Å²) in [6, 6.07) is 9.35. The second-order valence-electron chi connectivity index (χ2n) is 5.50. The summed E-state index contributed by atoms with van der Waals surface area (Å²) >= 11 is 0. The number of benzene rings is 1. The quantitative estimate of drug-likeness (QED) is 0.515. The van der Waals surface area contributed by atoms with E-state index in [0.29, 0.717) is 5.82 Å². The lowest BCUT2D eigenvalue weighted by Crippen LogP contribution is -2.08. The summed E-state index contributed by atoms with van der Waals surface area (Å²) in [6.45, 7) is 2.14. The molecule has 0 atom stereocenters. The van der Waals surface area contributed by atoms with Crippen LogP contribution in [0.4, 0.5) is 27.5 Å². The number of hydrogen-bond donors (Lipinski definition) is 2. The third-order valence-electron chi connectivity index (χ3n) is 3.54. The van der Waals surface area contributed by atoms with Gasteiger partial charge in [0.15, 0.2) is 0 Å². The molecule has 9 heteroatoms. The van der Waals surface area contributed by atoms with Crippen LogP contribution < -0.4 is 10.6 Å². The molecule has 8 nitrogen and oxygen atoms in total. The summed E-state index contributed by atoms with van der Waals surface area (Å²) in [5, 5.41) is 17.2. The van der Waals surface area contributed by atoms with Crippen LogP contribution in [-0.4, -0.2) is 19.9 Å². The van der Waals surface area contributed by atoms with E-state index in [1.165, 1.54) is 18.5 Å². The molecule has 0 spiro atoms. The smallest absolute Gasteiger partial charge is 0.353 e. The van der Waals surface area contributed by atoms with Gasteiger partial charge in [-0.2, -0.15) is 0 Å². The van der Waals surface area contributed by atoms with E-state index in [1.54, 1.807) is 24.4 Å². The predicted molar refractivity (Wildman–Crippen MR) is 94.7 cm³/mol. The first-order valence-corrected chi connectivity index (χ1v) is 7.70. The Hall–Kier alpha value is -3.62. The van der Waals surface area contributed by atoms with E-state index in [-0.39, 0.29) is 29.7 Å². The molecule has 2 N–H and O–H groups in total. The van der Waals surface area contributed by atoms with Gasteiger partial charge in [-0.15, -0.1) is 0 Å². The van der Waals surface area contributed by atoms with Crippen molar-refractivity contribution in [2.24, 2.45) is 0 Å². The van der Waals surface area contributed by atoms with Crippen molar-refractivity contribution >= 4 is 23.1 Å². The second-order valence-corrected chi connectivity index (χ2v) is 5.50. The van der Waals surface area contributed by atoms with Crippen LogP contribution >= 0.6 is 0 Å². The standard InChI is InChI=1S/C17H15FN6O2/c1-11-2-7-14(19-8-11)23-17-15(24(25)26)16(21-10-22-17)20-9-12-3-5-13(18)6-4-12/h2-8,10H,9H2,1H3,(H2,19,20,21,22,23). The molecule has 26 heavy (non-hydrogen) atoms. The summed E-state index contributed by atoms with van der Waals surface area (Å²) in [6.07, 6.45) is 2.86. The first-order valence-electron chi connectivity index (χ1n) is 7.70. The van der Waals surface area contributed by atoms with E-state index < -0.39 is 4.92 Å². The lowest BCUT2D eigenvalue weighted by atomic mass is 10.2. The highest BCUT2D eigenvalue weighted by Crippen LogP contribution is 2.30. The van der Waals surface area contributed by atoms with Gasteiger partial charge >= 0.3 is 5.69 Å². The van der Waals surface area contributed by atoms with Crippen LogP contribution in [-0.2, 0) is 6.54 Å². The van der Waals surface area contributed by atoms with Gasteiger partial charge < -0.3 is 10.6 Å². The van der Waals surface area contributed by atoms with Gasteiger partial charge in [-0.3, -0.25) is 10.1 Å². The van der Waals surface area contributed by atoms with Gasteiger partial charge in [0, 0.05) is 12.7 Å². The first kappa shape index (κ1) is 17.2. The number of hydrogen-bond acceptors (Lipinski definition) is 7. The zero-order valence-corrected chi connectivity index (χ0v) is 13.8. The van der Waals surface area contributed by atoms with Crippen LogP contribution in [0.15, 0.2) is 48.9 Å². The fourth-order valence-electron chi connectivity index (χ4n) is 2.22. The third kappa shape index (κ3) is 4.07. The SMILES string of the molecule is Cc1ccc(Nc2ncnc(NCc3ccc(F)cc3)c2[N+](=O)[O-])nc1. The number of halogens is 1. The molecule has 0 amide bonds. The van der Waals surface area contributed by atoms with E-state index >= 15 is 0 Å². The average molecular weight is 354 g/mol. The molecule has 3 rings (SSSR count). The van der Waals surface area contributed by atoms with Crippen molar-refractivity contribution in [3.63, 3.8) is 0 Å². The Morgan fingerprint density at radius 3 is 2.46 bits per heavy atom. The van der Waals surface area contributed by atoms with Crippen molar-refractivity contribution in [2.75, 3.05) is 10.6 Å². The zero-order valence-electron chi connectivity index (χ0n) is 13.8. The molecule has 0 unspecified atom stereocenters. The van der Waals surface area contributed by atoms with Gasteiger partial charge in [-0.1, -0.05) is 18.2 Å². The first-order chi connectivity index (χ1) is 12.5. The lowest BCUT2D eigenvalue weighted by Gasteiger charge is -2.10. The van der Waals surface area contributed by atoms with Crippen molar-refractivity contribution in [3.8, 4) is 0 Å². The zero-order chi connectivity index (χ0) is 18.5. The van der Waals surface area contributed by atoms with Crippen LogP contribution in [0.2, 0.25) is 0 Å². The molecule has 0 bridgehead atoms. The highest BCUT2D eigenvalue weighted by atomic mass is 19.1. The largest absolute Gasteiger partial charge is 0.360 e. The lowest BCUT2D eigenvalue weighted by molar-refractivity contribution is -0.383. The molecule has 0 aliphatic rings. The second kappa shape index (κ2) is 7.51. The maximum Gasteiger partial charge on any atom is 0.353 e. The van der Waals surface area contributed by atoms with Gasteiger partial charge in [0.2, 0.25) is 11.6 Å². The fourth-order valence-corrected chi connectivity index (χ4v) is 2.22. The topological polar surface area (TPSA) is 106 Å². The molecule has 0 aliphatic carbocycles. The summed E-state index contributed by atoms with van der Waals surface area (Å²) in [4.78, 5) is 23.0. The minimum Gasteiger partial charge on any atom is -0.360 e. The van der Waals surface area contributed by atoms with Gasteiger partial charge in [0.05, 0.1) is 4.92 Å². The number of nitrogens with one attached hydrogen (secondary N) is 2. The van der Waals surface area contributed by atoms with E-state index in [0.717, 1.165) is 11.1 Å². The number of nitrogens with zero attached hydrogens (tertiary/aromatic N) is 4. The van der Waals surface area contributed by atoms with Crippen LogP contribution in [0.3, 0.4) is 0 Å². The number of pyridine rings is 1. The Morgan fingerprint density at radius 2 is 1.81 bits per heavy atom. The Kier molecular flexibility index (Phi) is 4.97. The monoisotopic (exact) mass is 354 g/mol. The predicted octanol–water partition coefficient (Wildman–Crippen LogP) is 3.58. The average Bonchev–Trinajstić information content (AvgIpc) is 2.63. The number of aryl methyl sites for hydroxylation is 1. The molecule has 2 heterocycles. The Labute approximate surface area is 148 Å². The van der Waals surface area contributed by atoms with E-state index in [9.17, 15) is 14.5 Å². The molecule has 0 radical (unpaired) electrons. The number of aromatic nitrogens is 3. The van der Waals surface area contributed by atoms with Crippen LogP contribution in [0.5, 0.6) is 0 Å². The minimum atomic E-state index is -0.566. The van der Waals surface area contributed by atoms with Gasteiger partial charge in [0.1, 0.15) is 18.0 Å². The van der Waals surface area contributed by atoms with Gasteiger partial charge in [-0.05, 0) is 36.2 Å². The molecular formula is C17H15FN6O2. The van der Waals surface area contributed by atoms with Crippen molar-refractivity contribution < 1.29 is 9.31 Å². The van der Waals surface area contributed by atoms with Crippen LogP contribution in [0.1, 0.15) is 11.1 Å². The normalized spacial score (nSPS) is 10.4. The molecule has 132 valence electrons. The Balaban J connectivity index is 1.84. The molecule has 2 aromatic heterocycles. The third-order valence-corrected chi connectivity index (χ3v) is 3.54. The molecule has 0 fully saturated rings. The number of rotatable bonds is 6. The molecular weight excluding hydrogens is 339 g/mol. The van der Waals surface area contributed by atoms with E-state index in [1.807, 2.05) is 13.0 Å². The molecule has 1 aromatic carbocycles. The molecule has 0 saturated heterocycles.